The average Bonchev–Trinajstić information content (AvgIpc) is 3.52. The first-order valence-corrected chi connectivity index (χ1v) is 10.7. The highest BCUT2D eigenvalue weighted by Crippen LogP contribution is 2.39. The predicted molar refractivity (Wildman–Crippen MR) is 111 cm³/mol. The summed E-state index contributed by atoms with van der Waals surface area (Å²) in [4.78, 5) is 12.9. The summed E-state index contributed by atoms with van der Waals surface area (Å²) < 4.78 is 13.4. The molecular formula is C20H19N3O3S2. The molecule has 1 saturated heterocycles. The number of imidazole rings is 1. The van der Waals surface area contributed by atoms with Crippen molar-refractivity contribution in [2.75, 3.05) is 13.7 Å². The van der Waals surface area contributed by atoms with Crippen LogP contribution in [-0.4, -0.2) is 45.6 Å². The highest BCUT2D eigenvalue weighted by atomic mass is 32.1. The minimum atomic E-state index is -0.332. The highest BCUT2D eigenvalue weighted by Gasteiger charge is 2.36. The monoisotopic (exact) mass is 413 g/mol. The molecule has 0 aromatic carbocycles. The Morgan fingerprint density at radius 1 is 1.21 bits per heavy atom. The number of aliphatic hydroxyl groups excluding tert-OH is 1. The Labute approximate surface area is 170 Å². The maximum Gasteiger partial charge on any atom is 0.162 e. The molecule has 6 nitrogen and oxygen atoms in total. The van der Waals surface area contributed by atoms with Gasteiger partial charge in [-0.15, -0.1) is 22.7 Å². The molecule has 0 amide bonds. The molecule has 0 bridgehead atoms. The standard InChI is InChI=1S/C20H19N3O3S2/c1-25-13-9-18(26-14(13)10-24)23-11-22-19-12(6-7-21-20(19)23)15-4-5-17(28-15)16-3-2-8-27-16/h2-8,11,13-14,18,24H,9-10H2,1H3/t13-,14-,18-/m1/s1. The number of fused-ring (bicyclic) bond motifs is 1. The van der Waals surface area contributed by atoms with Crippen molar-refractivity contribution in [3.8, 4) is 20.2 Å². The second-order valence-corrected chi connectivity index (χ2v) is 8.68. The van der Waals surface area contributed by atoms with Gasteiger partial charge in [0.05, 0.1) is 19.0 Å². The van der Waals surface area contributed by atoms with E-state index < -0.39 is 0 Å². The average molecular weight is 414 g/mol. The molecule has 4 aromatic rings. The van der Waals surface area contributed by atoms with Gasteiger partial charge in [-0.1, -0.05) is 6.07 Å². The third-order valence-electron chi connectivity index (χ3n) is 5.07. The van der Waals surface area contributed by atoms with Crippen LogP contribution in [0.25, 0.3) is 31.4 Å². The van der Waals surface area contributed by atoms with E-state index in [9.17, 15) is 5.11 Å². The van der Waals surface area contributed by atoms with Crippen LogP contribution in [0.2, 0.25) is 0 Å². The van der Waals surface area contributed by atoms with E-state index in [1.165, 1.54) is 9.75 Å². The Bertz CT molecular complexity index is 1080. The number of thiophene rings is 2. The zero-order chi connectivity index (χ0) is 19.1. The van der Waals surface area contributed by atoms with E-state index in [2.05, 4.69) is 39.6 Å². The fourth-order valence-electron chi connectivity index (χ4n) is 3.66. The molecular weight excluding hydrogens is 394 g/mol. The molecule has 8 heteroatoms. The van der Waals surface area contributed by atoms with E-state index in [1.807, 2.05) is 16.8 Å². The van der Waals surface area contributed by atoms with E-state index in [0.29, 0.717) is 6.42 Å². The van der Waals surface area contributed by atoms with Crippen LogP contribution in [-0.2, 0) is 9.47 Å². The van der Waals surface area contributed by atoms with Gasteiger partial charge in [-0.3, -0.25) is 4.57 Å². The van der Waals surface area contributed by atoms with Crippen molar-refractivity contribution in [2.45, 2.75) is 24.9 Å². The van der Waals surface area contributed by atoms with Gasteiger partial charge >= 0.3 is 0 Å². The van der Waals surface area contributed by atoms with E-state index in [0.717, 1.165) is 21.6 Å². The Kier molecular flexibility index (Phi) is 4.73. The lowest BCUT2D eigenvalue weighted by atomic mass is 10.2. The van der Waals surface area contributed by atoms with Crippen LogP contribution in [0.3, 0.4) is 0 Å². The third-order valence-corrected chi connectivity index (χ3v) is 7.25. The van der Waals surface area contributed by atoms with Crippen LogP contribution in [0.4, 0.5) is 0 Å². The Balaban J connectivity index is 1.51. The van der Waals surface area contributed by atoms with Gasteiger partial charge in [0.1, 0.15) is 17.8 Å². The molecule has 1 fully saturated rings. The summed E-state index contributed by atoms with van der Waals surface area (Å²) in [5.41, 5.74) is 2.70. The van der Waals surface area contributed by atoms with Crippen molar-refractivity contribution in [3.63, 3.8) is 0 Å². The second-order valence-electron chi connectivity index (χ2n) is 6.65. The smallest absolute Gasteiger partial charge is 0.162 e. The van der Waals surface area contributed by atoms with Crippen LogP contribution in [0.5, 0.6) is 0 Å². The fourth-order valence-corrected chi connectivity index (χ4v) is 5.53. The molecule has 0 saturated carbocycles. The predicted octanol–water partition coefficient (Wildman–Crippen LogP) is 4.18. The third kappa shape index (κ3) is 2.98. The molecule has 5 heterocycles. The highest BCUT2D eigenvalue weighted by molar-refractivity contribution is 7.23. The van der Waals surface area contributed by atoms with Crippen molar-refractivity contribution in [1.29, 1.82) is 0 Å². The van der Waals surface area contributed by atoms with Gasteiger partial charge in [0, 0.05) is 39.9 Å². The van der Waals surface area contributed by atoms with Gasteiger partial charge in [0.2, 0.25) is 0 Å². The number of ether oxygens (including phenoxy) is 2. The molecule has 4 aromatic heterocycles. The summed E-state index contributed by atoms with van der Waals surface area (Å²) in [6.07, 6.45) is 3.52. The molecule has 144 valence electrons. The lowest BCUT2D eigenvalue weighted by Gasteiger charge is -2.14. The summed E-state index contributed by atoms with van der Waals surface area (Å²) in [7, 11) is 1.64. The Morgan fingerprint density at radius 3 is 2.86 bits per heavy atom. The van der Waals surface area contributed by atoms with Gasteiger partial charge in [0.25, 0.3) is 0 Å². The first kappa shape index (κ1) is 18.0. The summed E-state index contributed by atoms with van der Waals surface area (Å²) in [5.74, 6) is 0. The normalized spacial score (nSPS) is 22.3. The number of hydrogen-bond acceptors (Lipinski definition) is 7. The number of nitrogens with zero attached hydrogens (tertiary/aromatic N) is 3. The number of aromatic nitrogens is 3. The van der Waals surface area contributed by atoms with Crippen molar-refractivity contribution in [3.05, 3.63) is 48.2 Å². The number of pyridine rings is 1. The SMILES string of the molecule is CO[C@@H]1C[C@H](n2cnc3c(-c4ccc(-c5cccs5)s4)ccnc32)O[C@@H]1CO. The van der Waals surface area contributed by atoms with Crippen molar-refractivity contribution in [1.82, 2.24) is 14.5 Å². The van der Waals surface area contributed by atoms with Crippen LogP contribution >= 0.6 is 22.7 Å². The molecule has 0 aliphatic carbocycles. The van der Waals surface area contributed by atoms with Gasteiger partial charge in [-0.25, -0.2) is 9.97 Å². The Hall–Kier alpha value is -2.10. The van der Waals surface area contributed by atoms with Crippen LogP contribution in [0, 0.1) is 0 Å². The number of aliphatic hydroxyl groups is 1. The first-order chi connectivity index (χ1) is 13.8. The van der Waals surface area contributed by atoms with Gasteiger partial charge < -0.3 is 14.6 Å². The molecule has 1 aliphatic rings. The maximum atomic E-state index is 9.53. The molecule has 0 spiro atoms. The molecule has 5 rings (SSSR count). The van der Waals surface area contributed by atoms with Crippen molar-refractivity contribution >= 4 is 33.8 Å². The summed E-state index contributed by atoms with van der Waals surface area (Å²) in [5, 5.41) is 11.6. The first-order valence-electron chi connectivity index (χ1n) is 9.03. The van der Waals surface area contributed by atoms with Gasteiger partial charge in [-0.05, 0) is 29.6 Å². The zero-order valence-electron chi connectivity index (χ0n) is 15.2. The lowest BCUT2D eigenvalue weighted by molar-refractivity contribution is -0.0512. The quantitative estimate of drug-likeness (QED) is 0.531. The van der Waals surface area contributed by atoms with Crippen molar-refractivity contribution < 1.29 is 14.6 Å². The topological polar surface area (TPSA) is 69.4 Å². The Morgan fingerprint density at radius 2 is 2.11 bits per heavy atom. The lowest BCUT2D eigenvalue weighted by Crippen LogP contribution is -2.26. The van der Waals surface area contributed by atoms with E-state index >= 15 is 0 Å². The largest absolute Gasteiger partial charge is 0.394 e. The molecule has 0 unspecified atom stereocenters. The minimum Gasteiger partial charge on any atom is -0.394 e. The maximum absolute atomic E-state index is 9.53. The van der Waals surface area contributed by atoms with Crippen LogP contribution in [0.1, 0.15) is 12.6 Å². The van der Waals surface area contributed by atoms with E-state index in [-0.39, 0.29) is 25.0 Å². The number of methoxy groups -OCH3 is 1. The summed E-state index contributed by atoms with van der Waals surface area (Å²) in [6, 6.07) is 10.5. The molecule has 0 radical (unpaired) electrons. The summed E-state index contributed by atoms with van der Waals surface area (Å²) >= 11 is 3.50. The fraction of sp³-hybridized carbons (Fsp3) is 0.300. The van der Waals surface area contributed by atoms with E-state index in [4.69, 9.17) is 9.47 Å². The van der Waals surface area contributed by atoms with Gasteiger partial charge in [-0.2, -0.15) is 0 Å². The summed E-state index contributed by atoms with van der Waals surface area (Å²) in [6.45, 7) is -0.0684. The minimum absolute atomic E-state index is 0.0684. The number of hydrogen-bond donors (Lipinski definition) is 1. The number of rotatable bonds is 5. The molecule has 1 aliphatic heterocycles. The molecule has 3 atom stereocenters. The van der Waals surface area contributed by atoms with Crippen LogP contribution in [0.15, 0.2) is 48.2 Å². The van der Waals surface area contributed by atoms with Gasteiger partial charge in [0.15, 0.2) is 5.65 Å². The van der Waals surface area contributed by atoms with Crippen LogP contribution < -0.4 is 0 Å². The molecule has 28 heavy (non-hydrogen) atoms. The second kappa shape index (κ2) is 7.38. The van der Waals surface area contributed by atoms with Crippen molar-refractivity contribution in [2.24, 2.45) is 0 Å². The molecule has 1 N–H and O–H groups in total. The van der Waals surface area contributed by atoms with E-state index in [1.54, 1.807) is 36.1 Å². The zero-order valence-corrected chi connectivity index (χ0v) is 16.8.